The van der Waals surface area contributed by atoms with Crippen molar-refractivity contribution in [3.8, 4) is 5.75 Å². The van der Waals surface area contributed by atoms with E-state index in [1.54, 1.807) is 0 Å². The Labute approximate surface area is 185 Å². The number of hydrogen-bond acceptors (Lipinski definition) is 3. The van der Waals surface area contributed by atoms with Crippen LogP contribution in [-0.2, 0) is 0 Å². The zero-order chi connectivity index (χ0) is 20.1. The van der Waals surface area contributed by atoms with E-state index in [0.717, 1.165) is 24.8 Å². The van der Waals surface area contributed by atoms with E-state index in [-0.39, 0.29) is 12.4 Å². The van der Waals surface area contributed by atoms with E-state index < -0.39 is 0 Å². The number of hydrogen-bond donors (Lipinski definition) is 0. The van der Waals surface area contributed by atoms with Gasteiger partial charge in [0.2, 0.25) is 0 Å². The predicted molar refractivity (Wildman–Crippen MR) is 128 cm³/mol. The van der Waals surface area contributed by atoms with Gasteiger partial charge in [-0.2, -0.15) is 0 Å². The minimum atomic E-state index is 0. The lowest BCUT2D eigenvalue weighted by Gasteiger charge is -2.40. The largest absolute Gasteiger partial charge is 0.495 e. The highest BCUT2D eigenvalue weighted by molar-refractivity contribution is 5.85. The quantitative estimate of drug-likeness (QED) is 0.530. The number of halogens is 1. The molecule has 0 atom stereocenters. The van der Waals surface area contributed by atoms with Gasteiger partial charge in [-0.1, -0.05) is 46.2 Å². The van der Waals surface area contributed by atoms with Gasteiger partial charge in [0.15, 0.2) is 0 Å². The van der Waals surface area contributed by atoms with Gasteiger partial charge in [-0.25, -0.2) is 0 Å². The molecule has 0 spiro atoms. The van der Waals surface area contributed by atoms with Crippen molar-refractivity contribution < 1.29 is 4.74 Å². The zero-order valence-electron chi connectivity index (χ0n) is 19.4. The molecule has 0 unspecified atom stereocenters. The molecule has 166 valence electrons. The van der Waals surface area contributed by atoms with Crippen LogP contribution in [0.1, 0.15) is 77.7 Å². The Hall–Kier alpha value is -0.930. The molecule has 0 N–H and O–H groups in total. The summed E-state index contributed by atoms with van der Waals surface area (Å²) in [4.78, 5) is 5.23. The summed E-state index contributed by atoms with van der Waals surface area (Å²) in [7, 11) is 1.83. The van der Waals surface area contributed by atoms with Gasteiger partial charge < -0.3 is 9.64 Å². The molecule has 0 aromatic heterocycles. The van der Waals surface area contributed by atoms with Crippen LogP contribution >= 0.6 is 12.4 Å². The molecule has 1 aromatic carbocycles. The second-order valence-electron chi connectivity index (χ2n) is 9.99. The maximum absolute atomic E-state index is 5.84. The molecule has 0 amide bonds. The fourth-order valence-electron chi connectivity index (χ4n) is 5.22. The van der Waals surface area contributed by atoms with Gasteiger partial charge in [0.25, 0.3) is 0 Å². The maximum Gasteiger partial charge on any atom is 0.142 e. The Kier molecular flexibility index (Phi) is 9.15. The topological polar surface area (TPSA) is 15.7 Å². The average Bonchev–Trinajstić information content (AvgIpc) is 2.71. The third-order valence-electron chi connectivity index (χ3n) is 7.16. The summed E-state index contributed by atoms with van der Waals surface area (Å²) in [6, 6.07) is 6.73. The van der Waals surface area contributed by atoms with Crippen molar-refractivity contribution in [1.82, 2.24) is 4.90 Å². The number of benzene rings is 1. The maximum atomic E-state index is 5.84. The normalized spacial score (nSPS) is 23.6. The Morgan fingerprint density at radius 1 is 1.00 bits per heavy atom. The van der Waals surface area contributed by atoms with Crippen molar-refractivity contribution in [2.45, 2.75) is 72.1 Å². The van der Waals surface area contributed by atoms with Gasteiger partial charge in [-0.15, -0.1) is 12.4 Å². The first kappa shape index (κ1) is 24.3. The molecular formula is C25H43ClN2O. The highest BCUT2D eigenvalue weighted by Gasteiger charge is 2.32. The number of unbranched alkanes of at least 4 members (excludes halogenated alkanes) is 1. The molecular weight excluding hydrogens is 380 g/mol. The molecule has 29 heavy (non-hydrogen) atoms. The molecule has 1 saturated carbocycles. The van der Waals surface area contributed by atoms with Crippen LogP contribution in [0.5, 0.6) is 5.75 Å². The molecule has 1 aliphatic carbocycles. The van der Waals surface area contributed by atoms with E-state index in [4.69, 9.17) is 4.74 Å². The molecule has 4 heteroatoms. The number of methoxy groups -OCH3 is 1. The summed E-state index contributed by atoms with van der Waals surface area (Å²) in [6.07, 6.45) is 7.95. The minimum Gasteiger partial charge on any atom is -0.495 e. The molecule has 0 radical (unpaired) electrons. The second kappa shape index (κ2) is 10.9. The predicted octanol–water partition coefficient (Wildman–Crippen LogP) is 6.36. The van der Waals surface area contributed by atoms with Crippen molar-refractivity contribution in [1.29, 1.82) is 0 Å². The average molecular weight is 423 g/mol. The van der Waals surface area contributed by atoms with E-state index in [0.29, 0.717) is 11.3 Å². The van der Waals surface area contributed by atoms with E-state index >= 15 is 0 Å². The lowest BCUT2D eigenvalue weighted by atomic mass is 9.68. The summed E-state index contributed by atoms with van der Waals surface area (Å²) in [6.45, 7) is 15.4. The highest BCUT2D eigenvalue weighted by atomic mass is 35.5. The van der Waals surface area contributed by atoms with E-state index in [1.165, 1.54) is 69.4 Å². The van der Waals surface area contributed by atoms with Crippen molar-refractivity contribution >= 4 is 18.1 Å². The number of piperazine rings is 1. The molecule has 0 bridgehead atoms. The van der Waals surface area contributed by atoms with Gasteiger partial charge in [-0.05, 0) is 67.5 Å². The Balaban J connectivity index is 0.00000300. The van der Waals surface area contributed by atoms with Crippen LogP contribution in [0.25, 0.3) is 0 Å². The molecule has 3 nitrogen and oxygen atoms in total. The molecule has 2 aliphatic rings. The van der Waals surface area contributed by atoms with Gasteiger partial charge in [0, 0.05) is 26.2 Å². The fourth-order valence-corrected chi connectivity index (χ4v) is 5.22. The highest BCUT2D eigenvalue weighted by Crippen LogP contribution is 2.47. The molecule has 1 saturated heterocycles. The van der Waals surface area contributed by atoms with E-state index in [9.17, 15) is 0 Å². The number of anilines is 1. The van der Waals surface area contributed by atoms with Crippen LogP contribution in [0, 0.1) is 11.3 Å². The molecule has 1 aromatic rings. The van der Waals surface area contributed by atoms with Gasteiger partial charge in [-0.3, -0.25) is 4.90 Å². The summed E-state index contributed by atoms with van der Waals surface area (Å²) < 4.78 is 5.84. The van der Waals surface area contributed by atoms with Crippen molar-refractivity contribution in [2.75, 3.05) is 44.7 Å². The number of para-hydroxylation sites is 1. The first-order valence-electron chi connectivity index (χ1n) is 11.6. The van der Waals surface area contributed by atoms with Crippen molar-refractivity contribution in [2.24, 2.45) is 11.3 Å². The fraction of sp³-hybridized carbons (Fsp3) is 0.760. The first-order chi connectivity index (χ1) is 13.4. The summed E-state index contributed by atoms with van der Waals surface area (Å²) >= 11 is 0. The lowest BCUT2D eigenvalue weighted by Crippen LogP contribution is -2.47. The minimum absolute atomic E-state index is 0. The van der Waals surface area contributed by atoms with Crippen LogP contribution in [-0.4, -0.2) is 44.7 Å². The SMILES string of the molecule is CCCCN1CCN(c2c(OC)cccc2C2CCC(C(C)(C)C)CC2)CC1.Cl. The summed E-state index contributed by atoms with van der Waals surface area (Å²) in [5, 5.41) is 0. The van der Waals surface area contributed by atoms with E-state index in [2.05, 4.69) is 55.7 Å². The number of ether oxygens (including phenoxy) is 1. The molecule has 1 heterocycles. The van der Waals surface area contributed by atoms with Gasteiger partial charge in [0.05, 0.1) is 12.8 Å². The van der Waals surface area contributed by atoms with Gasteiger partial charge in [0.1, 0.15) is 5.75 Å². The monoisotopic (exact) mass is 422 g/mol. The molecule has 2 fully saturated rings. The molecule has 1 aliphatic heterocycles. The summed E-state index contributed by atoms with van der Waals surface area (Å²) in [5.41, 5.74) is 3.37. The Bertz CT molecular complexity index is 612. The third-order valence-corrected chi connectivity index (χ3v) is 7.16. The lowest BCUT2D eigenvalue weighted by molar-refractivity contribution is 0.169. The van der Waals surface area contributed by atoms with Crippen LogP contribution < -0.4 is 9.64 Å². The number of nitrogens with zero attached hydrogens (tertiary/aromatic N) is 2. The smallest absolute Gasteiger partial charge is 0.142 e. The van der Waals surface area contributed by atoms with Gasteiger partial charge >= 0.3 is 0 Å². The zero-order valence-corrected chi connectivity index (χ0v) is 20.2. The first-order valence-corrected chi connectivity index (χ1v) is 11.6. The van der Waals surface area contributed by atoms with E-state index in [1.807, 2.05) is 7.11 Å². The Morgan fingerprint density at radius 2 is 1.66 bits per heavy atom. The van der Waals surface area contributed by atoms with Crippen molar-refractivity contribution in [3.63, 3.8) is 0 Å². The standard InChI is InChI=1S/C25H42N2O.ClH/c1-6-7-15-26-16-18-27(19-17-26)24-22(9-8-10-23(24)28-5)20-11-13-21(14-12-20)25(2,3)4;/h8-10,20-21H,6-7,11-19H2,1-5H3;1H. The Morgan fingerprint density at radius 3 is 2.21 bits per heavy atom. The third kappa shape index (κ3) is 6.04. The van der Waals surface area contributed by atoms with Crippen LogP contribution in [0.15, 0.2) is 18.2 Å². The van der Waals surface area contributed by atoms with Crippen LogP contribution in [0.3, 0.4) is 0 Å². The summed E-state index contributed by atoms with van der Waals surface area (Å²) in [5.74, 6) is 2.61. The second-order valence-corrected chi connectivity index (χ2v) is 9.99. The number of rotatable bonds is 6. The van der Waals surface area contributed by atoms with Crippen molar-refractivity contribution in [3.05, 3.63) is 23.8 Å². The van der Waals surface area contributed by atoms with Crippen LogP contribution in [0.4, 0.5) is 5.69 Å². The molecule has 3 rings (SSSR count). The van der Waals surface area contributed by atoms with Crippen LogP contribution in [0.2, 0.25) is 0 Å².